The Kier molecular flexibility index (Phi) is 7.01. The largest absolute Gasteiger partial charge is 0.347 e. The first-order valence-electron chi connectivity index (χ1n) is 11.8. The third-order valence-electron chi connectivity index (χ3n) is 6.45. The van der Waals surface area contributed by atoms with Crippen molar-refractivity contribution in [2.24, 2.45) is 0 Å². The summed E-state index contributed by atoms with van der Waals surface area (Å²) in [5.41, 5.74) is 4.03. The molecule has 9 nitrogen and oxygen atoms in total. The third-order valence-corrected chi connectivity index (χ3v) is 8.29. The van der Waals surface area contributed by atoms with E-state index in [1.54, 1.807) is 16.3 Å². The Morgan fingerprint density at radius 1 is 1.17 bits per heavy atom. The maximum atomic E-state index is 13.2. The highest BCUT2D eigenvalue weighted by molar-refractivity contribution is 7.98. The monoisotopic (exact) mass is 521 g/mol. The molecule has 0 saturated carbocycles. The van der Waals surface area contributed by atoms with Crippen LogP contribution in [-0.2, 0) is 6.54 Å². The number of likely N-dealkylation sites (tertiary alicyclic amines) is 1. The number of rotatable bonds is 6. The van der Waals surface area contributed by atoms with Gasteiger partial charge in [-0.1, -0.05) is 18.2 Å². The second-order valence-electron chi connectivity index (χ2n) is 8.82. The maximum Gasteiger partial charge on any atom is 0.276 e. The van der Waals surface area contributed by atoms with E-state index in [0.717, 1.165) is 34.0 Å². The van der Waals surface area contributed by atoms with E-state index in [0.29, 0.717) is 42.4 Å². The molecule has 186 valence electrons. The van der Waals surface area contributed by atoms with Crippen LogP contribution in [0.1, 0.15) is 61.7 Å². The predicted octanol–water partition coefficient (Wildman–Crippen LogP) is 3.87. The Morgan fingerprint density at radius 3 is 2.72 bits per heavy atom. The number of hydrogen-bond acceptors (Lipinski definition) is 8. The summed E-state index contributed by atoms with van der Waals surface area (Å²) < 4.78 is 1.67. The number of hydrogen-bond donors (Lipinski definition) is 1. The van der Waals surface area contributed by atoms with Crippen LogP contribution in [0.2, 0.25) is 0 Å². The van der Waals surface area contributed by atoms with Gasteiger partial charge < -0.3 is 10.2 Å². The Labute approximate surface area is 217 Å². The molecule has 1 aromatic carbocycles. The molecule has 4 aromatic rings. The number of thiazole rings is 1. The van der Waals surface area contributed by atoms with Crippen molar-refractivity contribution in [2.75, 3.05) is 19.3 Å². The molecule has 1 saturated heterocycles. The Bertz CT molecular complexity index is 1420. The lowest BCUT2D eigenvalue weighted by atomic mass is 9.97. The van der Waals surface area contributed by atoms with Crippen LogP contribution >= 0.6 is 23.1 Å². The topological polar surface area (TPSA) is 105 Å². The van der Waals surface area contributed by atoms with Crippen molar-refractivity contribution in [3.8, 4) is 0 Å². The molecule has 1 N–H and O–H groups in total. The lowest BCUT2D eigenvalue weighted by Crippen LogP contribution is -2.39. The lowest BCUT2D eigenvalue weighted by Gasteiger charge is -2.31. The highest BCUT2D eigenvalue weighted by Crippen LogP contribution is 2.31. The first-order valence-corrected chi connectivity index (χ1v) is 13.9. The van der Waals surface area contributed by atoms with Gasteiger partial charge in [-0.15, -0.1) is 33.3 Å². The summed E-state index contributed by atoms with van der Waals surface area (Å²) in [6.45, 7) is 5.41. The zero-order valence-corrected chi connectivity index (χ0v) is 22.0. The maximum absolute atomic E-state index is 13.2. The molecular weight excluding hydrogens is 494 g/mol. The van der Waals surface area contributed by atoms with Crippen LogP contribution in [0.3, 0.4) is 0 Å². The Hall–Kier alpha value is -3.31. The number of carbonyl (C=O) groups is 2. The third kappa shape index (κ3) is 4.85. The molecule has 1 fully saturated rings. The minimum atomic E-state index is -0.167. The summed E-state index contributed by atoms with van der Waals surface area (Å²) in [7, 11) is 0. The zero-order valence-electron chi connectivity index (χ0n) is 20.4. The van der Waals surface area contributed by atoms with Crippen molar-refractivity contribution in [3.63, 3.8) is 0 Å². The van der Waals surface area contributed by atoms with E-state index in [2.05, 4.69) is 31.7 Å². The average Bonchev–Trinajstić information content (AvgIpc) is 3.54. The molecule has 1 aliphatic rings. The Balaban J connectivity index is 1.19. The van der Waals surface area contributed by atoms with Crippen LogP contribution in [0.5, 0.6) is 0 Å². The molecule has 0 bridgehead atoms. The van der Waals surface area contributed by atoms with Gasteiger partial charge >= 0.3 is 0 Å². The van der Waals surface area contributed by atoms with Gasteiger partial charge in [0, 0.05) is 41.9 Å². The van der Waals surface area contributed by atoms with E-state index in [9.17, 15) is 9.59 Å². The number of nitrogens with zero attached hydrogens (tertiary/aromatic N) is 6. The second kappa shape index (κ2) is 10.4. The van der Waals surface area contributed by atoms with Crippen LogP contribution in [-0.4, -0.2) is 60.9 Å². The van der Waals surface area contributed by atoms with E-state index >= 15 is 0 Å². The van der Waals surface area contributed by atoms with Gasteiger partial charge in [0.05, 0.1) is 16.4 Å². The molecule has 3 aromatic heterocycles. The standard InChI is InChI=1S/C25H27N7O2S2/c1-15-12-21-28-29-22(16(2)32(21)30-15)25(34)31-10-8-17(9-11-31)24-27-19(14-36-24)23(33)26-13-18-6-4-5-7-20(18)35-3/h4-7,12,14,17H,8-11,13H2,1-3H3,(H,26,33). The van der Waals surface area contributed by atoms with Crippen molar-refractivity contribution >= 4 is 40.6 Å². The number of aryl methyl sites for hydroxylation is 2. The van der Waals surface area contributed by atoms with Crippen molar-refractivity contribution in [3.05, 3.63) is 69.1 Å². The lowest BCUT2D eigenvalue weighted by molar-refractivity contribution is 0.0704. The van der Waals surface area contributed by atoms with Crippen molar-refractivity contribution in [1.29, 1.82) is 0 Å². The molecule has 4 heterocycles. The molecule has 0 atom stereocenters. The summed E-state index contributed by atoms with van der Waals surface area (Å²) in [6.07, 6.45) is 3.60. The highest BCUT2D eigenvalue weighted by Gasteiger charge is 2.29. The number of amides is 2. The molecule has 2 amide bonds. The second-order valence-corrected chi connectivity index (χ2v) is 10.6. The molecule has 0 spiro atoms. The number of aromatic nitrogens is 5. The number of carbonyl (C=O) groups excluding carboxylic acids is 2. The summed E-state index contributed by atoms with van der Waals surface area (Å²) in [5.74, 6) is -0.0706. The molecule has 0 aliphatic carbocycles. The van der Waals surface area contributed by atoms with Gasteiger partial charge in [0.2, 0.25) is 0 Å². The van der Waals surface area contributed by atoms with E-state index < -0.39 is 0 Å². The van der Waals surface area contributed by atoms with Crippen molar-refractivity contribution in [1.82, 2.24) is 35.0 Å². The SMILES string of the molecule is CSc1ccccc1CNC(=O)c1csc(C2CCN(C(=O)c3nnc4cc(C)nn4c3C)CC2)n1. The molecule has 5 rings (SSSR count). The zero-order chi connectivity index (χ0) is 25.2. The van der Waals surface area contributed by atoms with Gasteiger partial charge in [-0.25, -0.2) is 9.50 Å². The molecule has 1 aliphatic heterocycles. The molecule has 0 unspecified atom stereocenters. The van der Waals surface area contributed by atoms with Gasteiger partial charge in [0.25, 0.3) is 11.8 Å². The average molecular weight is 522 g/mol. The van der Waals surface area contributed by atoms with Gasteiger partial charge in [-0.05, 0) is 44.6 Å². The number of benzene rings is 1. The number of fused-ring (bicyclic) bond motifs is 1. The first-order chi connectivity index (χ1) is 17.4. The van der Waals surface area contributed by atoms with Crippen LogP contribution in [0.4, 0.5) is 0 Å². The van der Waals surface area contributed by atoms with Crippen LogP contribution in [0, 0.1) is 13.8 Å². The van der Waals surface area contributed by atoms with Crippen LogP contribution in [0.25, 0.3) is 5.65 Å². The van der Waals surface area contributed by atoms with E-state index in [4.69, 9.17) is 0 Å². The Morgan fingerprint density at radius 2 is 1.94 bits per heavy atom. The minimum Gasteiger partial charge on any atom is -0.347 e. The smallest absolute Gasteiger partial charge is 0.276 e. The normalized spacial score (nSPS) is 14.4. The fourth-order valence-electron chi connectivity index (χ4n) is 4.45. The fourth-order valence-corrected chi connectivity index (χ4v) is 6.04. The van der Waals surface area contributed by atoms with Gasteiger partial charge in [-0.2, -0.15) is 5.10 Å². The van der Waals surface area contributed by atoms with Gasteiger partial charge in [0.1, 0.15) is 5.69 Å². The van der Waals surface area contributed by atoms with E-state index in [-0.39, 0.29) is 17.7 Å². The first kappa shape index (κ1) is 24.4. The van der Waals surface area contributed by atoms with Gasteiger partial charge in [-0.3, -0.25) is 9.59 Å². The number of thioether (sulfide) groups is 1. The number of nitrogens with one attached hydrogen (secondary N) is 1. The van der Waals surface area contributed by atoms with Gasteiger partial charge in [0.15, 0.2) is 11.3 Å². The van der Waals surface area contributed by atoms with Crippen molar-refractivity contribution < 1.29 is 9.59 Å². The minimum absolute atomic E-state index is 0.127. The van der Waals surface area contributed by atoms with Crippen molar-refractivity contribution in [2.45, 2.75) is 44.0 Å². The fraction of sp³-hybridized carbons (Fsp3) is 0.360. The predicted molar refractivity (Wildman–Crippen MR) is 140 cm³/mol. The van der Waals surface area contributed by atoms with E-state index in [1.165, 1.54) is 11.3 Å². The summed E-state index contributed by atoms with van der Waals surface area (Å²) in [5, 5.41) is 18.5. The molecule has 11 heteroatoms. The van der Waals surface area contributed by atoms with E-state index in [1.807, 2.05) is 54.6 Å². The van der Waals surface area contributed by atoms with Crippen LogP contribution < -0.4 is 5.32 Å². The summed E-state index contributed by atoms with van der Waals surface area (Å²) in [4.78, 5) is 33.5. The molecular formula is C25H27N7O2S2. The summed E-state index contributed by atoms with van der Waals surface area (Å²) >= 11 is 3.18. The molecule has 36 heavy (non-hydrogen) atoms. The number of piperidine rings is 1. The molecule has 0 radical (unpaired) electrons. The summed E-state index contributed by atoms with van der Waals surface area (Å²) in [6, 6.07) is 9.88. The van der Waals surface area contributed by atoms with Crippen LogP contribution in [0.15, 0.2) is 40.6 Å². The highest BCUT2D eigenvalue weighted by atomic mass is 32.2. The quantitative estimate of drug-likeness (QED) is 0.384.